The topological polar surface area (TPSA) is 50.5 Å². The van der Waals surface area contributed by atoms with Gasteiger partial charge in [-0.05, 0) is 38.1 Å². The summed E-state index contributed by atoms with van der Waals surface area (Å²) in [4.78, 5) is 0.262. The first-order valence-electron chi connectivity index (χ1n) is 6.53. The van der Waals surface area contributed by atoms with Crippen molar-refractivity contribution in [3.63, 3.8) is 0 Å². The number of rotatable bonds is 5. The summed E-state index contributed by atoms with van der Waals surface area (Å²) in [5, 5.41) is 0. The highest BCUT2D eigenvalue weighted by Crippen LogP contribution is 2.18. The van der Waals surface area contributed by atoms with Crippen molar-refractivity contribution in [3.8, 4) is 11.8 Å². The van der Waals surface area contributed by atoms with Gasteiger partial charge in [-0.3, -0.25) is 0 Å². The predicted octanol–water partition coefficient (Wildman–Crippen LogP) is 2.80. The summed E-state index contributed by atoms with van der Waals surface area (Å²) in [7, 11) is -3.60. The molecule has 0 aliphatic rings. The van der Waals surface area contributed by atoms with Gasteiger partial charge in [0.15, 0.2) is 0 Å². The van der Waals surface area contributed by atoms with E-state index in [1.54, 1.807) is 43.3 Å². The molecular formula is C16H17NO3S. The Hall–Kier alpha value is -2.03. The Kier molecular flexibility index (Phi) is 4.84. The van der Waals surface area contributed by atoms with Crippen molar-refractivity contribution in [1.82, 2.24) is 4.31 Å². The molecule has 0 aliphatic carbocycles. The van der Waals surface area contributed by atoms with Crippen molar-refractivity contribution < 1.29 is 12.8 Å². The largest absolute Gasteiger partial charge is 0.468 e. The molecule has 4 nitrogen and oxygen atoms in total. The van der Waals surface area contributed by atoms with E-state index in [4.69, 9.17) is 4.42 Å². The minimum absolute atomic E-state index is 0.132. The Morgan fingerprint density at radius 2 is 1.90 bits per heavy atom. The van der Waals surface area contributed by atoms with Gasteiger partial charge < -0.3 is 4.42 Å². The van der Waals surface area contributed by atoms with Crippen LogP contribution in [-0.2, 0) is 16.6 Å². The van der Waals surface area contributed by atoms with E-state index in [0.717, 1.165) is 5.56 Å². The molecule has 1 heterocycles. The van der Waals surface area contributed by atoms with Crippen molar-refractivity contribution in [1.29, 1.82) is 0 Å². The number of nitrogens with zero attached hydrogens (tertiary/aromatic N) is 1. The molecule has 0 aliphatic heterocycles. The van der Waals surface area contributed by atoms with Gasteiger partial charge in [-0.1, -0.05) is 23.6 Å². The fourth-order valence-electron chi connectivity index (χ4n) is 1.83. The zero-order chi connectivity index (χ0) is 15.3. The Morgan fingerprint density at radius 3 is 2.48 bits per heavy atom. The maximum Gasteiger partial charge on any atom is 0.244 e. The van der Waals surface area contributed by atoms with Gasteiger partial charge in [0, 0.05) is 0 Å². The number of hydrogen-bond acceptors (Lipinski definition) is 3. The van der Waals surface area contributed by atoms with E-state index in [2.05, 4.69) is 11.8 Å². The smallest absolute Gasteiger partial charge is 0.244 e. The van der Waals surface area contributed by atoms with E-state index in [1.165, 1.54) is 10.6 Å². The first-order chi connectivity index (χ1) is 10.0. The average Bonchev–Trinajstić information content (AvgIpc) is 2.96. The first-order valence-corrected chi connectivity index (χ1v) is 7.97. The van der Waals surface area contributed by atoms with Gasteiger partial charge in [0.1, 0.15) is 5.76 Å². The van der Waals surface area contributed by atoms with Gasteiger partial charge in [0.05, 0.1) is 24.2 Å². The predicted molar refractivity (Wildman–Crippen MR) is 80.9 cm³/mol. The standard InChI is InChI=1S/C16H17NO3S/c1-3-4-11-17(13-15-6-5-12-20-15)21(18,19)16-9-7-14(2)8-10-16/h5-10,12H,11,13H2,1-2H3. The lowest BCUT2D eigenvalue weighted by molar-refractivity contribution is 0.389. The van der Waals surface area contributed by atoms with Gasteiger partial charge in [-0.15, -0.1) is 5.92 Å². The summed E-state index contributed by atoms with van der Waals surface area (Å²) < 4.78 is 31.9. The Labute approximate surface area is 125 Å². The number of hydrogen-bond donors (Lipinski definition) is 0. The van der Waals surface area contributed by atoms with Crippen molar-refractivity contribution in [2.24, 2.45) is 0 Å². The van der Waals surface area contributed by atoms with Crippen LogP contribution in [0.4, 0.5) is 0 Å². The van der Waals surface area contributed by atoms with Crippen molar-refractivity contribution in [2.75, 3.05) is 6.54 Å². The van der Waals surface area contributed by atoms with Crippen LogP contribution in [0.25, 0.3) is 0 Å². The lowest BCUT2D eigenvalue weighted by atomic mass is 10.2. The van der Waals surface area contributed by atoms with Crippen LogP contribution < -0.4 is 0 Å². The zero-order valence-corrected chi connectivity index (χ0v) is 12.9. The van der Waals surface area contributed by atoms with Gasteiger partial charge in [0.25, 0.3) is 0 Å². The zero-order valence-electron chi connectivity index (χ0n) is 12.0. The molecule has 0 amide bonds. The monoisotopic (exact) mass is 303 g/mol. The minimum atomic E-state index is -3.60. The molecule has 0 spiro atoms. The number of aryl methyl sites for hydroxylation is 1. The number of benzene rings is 1. The van der Waals surface area contributed by atoms with Crippen LogP contribution in [-0.4, -0.2) is 19.3 Å². The molecule has 0 N–H and O–H groups in total. The first kappa shape index (κ1) is 15.4. The summed E-state index contributed by atoms with van der Waals surface area (Å²) >= 11 is 0. The van der Waals surface area contributed by atoms with Crippen LogP contribution in [0.1, 0.15) is 18.2 Å². The molecule has 1 aromatic heterocycles. The number of sulfonamides is 1. The number of furan rings is 1. The van der Waals surface area contributed by atoms with Crippen LogP contribution in [0.3, 0.4) is 0 Å². The molecule has 2 aromatic rings. The molecule has 0 saturated heterocycles. The molecule has 110 valence electrons. The maximum absolute atomic E-state index is 12.7. The summed E-state index contributed by atoms with van der Waals surface area (Å²) in [6, 6.07) is 10.3. The lowest BCUT2D eigenvalue weighted by Gasteiger charge is -2.19. The Bertz CT molecular complexity index is 735. The second-order valence-electron chi connectivity index (χ2n) is 4.59. The molecule has 2 rings (SSSR count). The van der Waals surface area contributed by atoms with Gasteiger partial charge in [0.2, 0.25) is 10.0 Å². The molecule has 5 heteroatoms. The van der Waals surface area contributed by atoms with Crippen molar-refractivity contribution >= 4 is 10.0 Å². The van der Waals surface area contributed by atoms with Crippen LogP contribution in [0.2, 0.25) is 0 Å². The van der Waals surface area contributed by atoms with Gasteiger partial charge in [-0.25, -0.2) is 8.42 Å². The highest BCUT2D eigenvalue weighted by molar-refractivity contribution is 7.89. The second-order valence-corrected chi connectivity index (χ2v) is 6.53. The van der Waals surface area contributed by atoms with Gasteiger partial charge >= 0.3 is 0 Å². The Morgan fingerprint density at radius 1 is 1.19 bits per heavy atom. The minimum Gasteiger partial charge on any atom is -0.468 e. The summed E-state index contributed by atoms with van der Waals surface area (Å²) in [5.41, 5.74) is 1.01. The molecule has 0 fully saturated rings. The van der Waals surface area contributed by atoms with Crippen LogP contribution in [0, 0.1) is 18.8 Å². The van der Waals surface area contributed by atoms with E-state index in [-0.39, 0.29) is 18.0 Å². The highest BCUT2D eigenvalue weighted by Gasteiger charge is 2.24. The van der Waals surface area contributed by atoms with Crippen molar-refractivity contribution in [3.05, 3.63) is 54.0 Å². The molecule has 0 bridgehead atoms. The maximum atomic E-state index is 12.7. The average molecular weight is 303 g/mol. The highest BCUT2D eigenvalue weighted by atomic mass is 32.2. The third-order valence-corrected chi connectivity index (χ3v) is 4.81. The molecule has 0 radical (unpaired) electrons. The summed E-state index contributed by atoms with van der Waals surface area (Å²) in [6.07, 6.45) is 1.53. The lowest BCUT2D eigenvalue weighted by Crippen LogP contribution is -2.31. The van der Waals surface area contributed by atoms with E-state index >= 15 is 0 Å². The van der Waals surface area contributed by atoms with E-state index in [0.29, 0.717) is 5.76 Å². The molecule has 0 atom stereocenters. The van der Waals surface area contributed by atoms with Crippen LogP contribution in [0.15, 0.2) is 52.0 Å². The normalized spacial score (nSPS) is 11.2. The third kappa shape index (κ3) is 3.75. The molecule has 0 saturated carbocycles. The summed E-state index contributed by atoms with van der Waals surface area (Å²) in [5.74, 6) is 6.11. The Balaban J connectivity index is 2.33. The SMILES string of the molecule is CC#CCN(Cc1ccco1)S(=O)(=O)c1ccc(C)cc1. The van der Waals surface area contributed by atoms with E-state index in [9.17, 15) is 8.42 Å². The fraction of sp³-hybridized carbons (Fsp3) is 0.250. The molecule has 21 heavy (non-hydrogen) atoms. The fourth-order valence-corrected chi connectivity index (χ4v) is 3.14. The van der Waals surface area contributed by atoms with E-state index in [1.807, 2.05) is 6.92 Å². The van der Waals surface area contributed by atoms with Crippen LogP contribution >= 0.6 is 0 Å². The van der Waals surface area contributed by atoms with Crippen LogP contribution in [0.5, 0.6) is 0 Å². The molecule has 1 aromatic carbocycles. The van der Waals surface area contributed by atoms with Gasteiger partial charge in [-0.2, -0.15) is 4.31 Å². The molecular weight excluding hydrogens is 286 g/mol. The third-order valence-electron chi connectivity index (χ3n) is 3.00. The molecule has 0 unspecified atom stereocenters. The second kappa shape index (κ2) is 6.61. The summed E-state index contributed by atoms with van der Waals surface area (Å²) in [6.45, 7) is 3.90. The van der Waals surface area contributed by atoms with E-state index < -0.39 is 10.0 Å². The quantitative estimate of drug-likeness (QED) is 0.798. The van der Waals surface area contributed by atoms with Crippen molar-refractivity contribution in [2.45, 2.75) is 25.3 Å².